The topological polar surface area (TPSA) is 24.5 Å². The Morgan fingerprint density at radius 1 is 1.26 bits per heavy atom. The molecule has 1 aromatic carbocycles. The van der Waals surface area contributed by atoms with Gasteiger partial charge in [-0.15, -0.1) is 0 Å². The van der Waals surface area contributed by atoms with Crippen molar-refractivity contribution in [2.75, 3.05) is 20.7 Å². The Morgan fingerprint density at radius 3 is 2.53 bits per heavy atom. The molecule has 0 aliphatic rings. The third-order valence-corrected chi connectivity index (χ3v) is 3.80. The second-order valence-corrected chi connectivity index (χ2v) is 5.04. The van der Waals surface area contributed by atoms with Gasteiger partial charge < -0.3 is 10.1 Å². The molecule has 0 bridgehead atoms. The first kappa shape index (κ1) is 16.0. The first-order chi connectivity index (χ1) is 9.13. The Bertz CT molecular complexity index is 368. The maximum atomic E-state index is 5.42. The third kappa shape index (κ3) is 4.51. The SMILES string of the molecule is CCNC(CC)C(C)N(C)Cc1ccccc1OC. The third-order valence-electron chi connectivity index (χ3n) is 3.80. The molecule has 1 N–H and O–H groups in total. The van der Waals surface area contributed by atoms with E-state index in [9.17, 15) is 0 Å². The molecule has 0 amide bonds. The van der Waals surface area contributed by atoms with Gasteiger partial charge in [0.2, 0.25) is 0 Å². The highest BCUT2D eigenvalue weighted by atomic mass is 16.5. The highest BCUT2D eigenvalue weighted by Crippen LogP contribution is 2.20. The lowest BCUT2D eigenvalue weighted by Crippen LogP contribution is -2.46. The van der Waals surface area contributed by atoms with Gasteiger partial charge in [-0.3, -0.25) is 4.90 Å². The van der Waals surface area contributed by atoms with Gasteiger partial charge in [0.25, 0.3) is 0 Å². The fraction of sp³-hybridized carbons (Fsp3) is 0.625. The summed E-state index contributed by atoms with van der Waals surface area (Å²) in [7, 11) is 3.91. The number of benzene rings is 1. The van der Waals surface area contributed by atoms with E-state index in [2.05, 4.69) is 50.2 Å². The van der Waals surface area contributed by atoms with E-state index in [0.29, 0.717) is 12.1 Å². The molecule has 0 saturated heterocycles. The van der Waals surface area contributed by atoms with Crippen LogP contribution in [-0.2, 0) is 6.54 Å². The quantitative estimate of drug-likeness (QED) is 0.781. The van der Waals surface area contributed by atoms with Crippen molar-refractivity contribution in [3.05, 3.63) is 29.8 Å². The molecule has 3 heteroatoms. The molecule has 0 spiro atoms. The molecule has 2 unspecified atom stereocenters. The molecule has 0 saturated carbocycles. The van der Waals surface area contributed by atoms with E-state index in [1.807, 2.05) is 12.1 Å². The highest BCUT2D eigenvalue weighted by Gasteiger charge is 2.19. The van der Waals surface area contributed by atoms with E-state index in [1.54, 1.807) is 7.11 Å². The van der Waals surface area contributed by atoms with Crippen molar-refractivity contribution < 1.29 is 4.74 Å². The number of rotatable bonds is 8. The predicted molar refractivity (Wildman–Crippen MR) is 81.7 cm³/mol. The summed E-state index contributed by atoms with van der Waals surface area (Å²) in [4.78, 5) is 2.38. The maximum absolute atomic E-state index is 5.42. The lowest BCUT2D eigenvalue weighted by molar-refractivity contribution is 0.195. The lowest BCUT2D eigenvalue weighted by Gasteiger charge is -2.32. The zero-order valence-electron chi connectivity index (χ0n) is 12.9. The molecule has 3 nitrogen and oxygen atoms in total. The fourth-order valence-corrected chi connectivity index (χ4v) is 2.47. The predicted octanol–water partition coefficient (Wildman–Crippen LogP) is 2.90. The zero-order chi connectivity index (χ0) is 14.3. The summed E-state index contributed by atoms with van der Waals surface area (Å²) in [6.07, 6.45) is 1.14. The summed E-state index contributed by atoms with van der Waals surface area (Å²) in [6.45, 7) is 8.61. The molecule has 0 fully saturated rings. The summed E-state index contributed by atoms with van der Waals surface area (Å²) in [5, 5.41) is 3.55. The van der Waals surface area contributed by atoms with Crippen molar-refractivity contribution in [3.63, 3.8) is 0 Å². The highest BCUT2D eigenvalue weighted by molar-refractivity contribution is 5.33. The maximum Gasteiger partial charge on any atom is 0.123 e. The Hall–Kier alpha value is -1.06. The van der Waals surface area contributed by atoms with E-state index in [0.717, 1.165) is 25.3 Å². The van der Waals surface area contributed by atoms with Crippen molar-refractivity contribution >= 4 is 0 Å². The average Bonchev–Trinajstić information content (AvgIpc) is 2.44. The summed E-state index contributed by atoms with van der Waals surface area (Å²) in [5.74, 6) is 0.970. The van der Waals surface area contributed by atoms with E-state index < -0.39 is 0 Å². The molecule has 0 aliphatic heterocycles. The number of methoxy groups -OCH3 is 1. The molecule has 19 heavy (non-hydrogen) atoms. The smallest absolute Gasteiger partial charge is 0.123 e. The van der Waals surface area contributed by atoms with Crippen LogP contribution in [0.2, 0.25) is 0 Å². The van der Waals surface area contributed by atoms with Crippen molar-refractivity contribution in [1.29, 1.82) is 0 Å². The summed E-state index contributed by atoms with van der Waals surface area (Å²) in [5.41, 5.74) is 1.24. The minimum Gasteiger partial charge on any atom is -0.496 e. The van der Waals surface area contributed by atoms with Crippen LogP contribution in [0.15, 0.2) is 24.3 Å². The first-order valence-electron chi connectivity index (χ1n) is 7.19. The van der Waals surface area contributed by atoms with Crippen LogP contribution >= 0.6 is 0 Å². The van der Waals surface area contributed by atoms with Gasteiger partial charge in [-0.2, -0.15) is 0 Å². The van der Waals surface area contributed by atoms with Crippen LogP contribution in [0.4, 0.5) is 0 Å². The van der Waals surface area contributed by atoms with Crippen molar-refractivity contribution in [2.24, 2.45) is 0 Å². The van der Waals surface area contributed by atoms with Crippen molar-refractivity contribution in [3.8, 4) is 5.75 Å². The second-order valence-electron chi connectivity index (χ2n) is 5.04. The van der Waals surface area contributed by atoms with E-state index in [4.69, 9.17) is 4.74 Å². The van der Waals surface area contributed by atoms with Gasteiger partial charge in [-0.05, 0) is 33.0 Å². The molecular weight excluding hydrogens is 236 g/mol. The Kier molecular flexibility index (Phi) is 6.89. The van der Waals surface area contributed by atoms with Gasteiger partial charge in [-0.1, -0.05) is 32.0 Å². The molecule has 0 heterocycles. The van der Waals surface area contributed by atoms with Crippen LogP contribution in [0.25, 0.3) is 0 Å². The Balaban J connectivity index is 2.69. The van der Waals surface area contributed by atoms with Crippen LogP contribution in [0.3, 0.4) is 0 Å². The lowest BCUT2D eigenvalue weighted by atomic mass is 10.0. The van der Waals surface area contributed by atoms with Gasteiger partial charge in [-0.25, -0.2) is 0 Å². The Morgan fingerprint density at radius 2 is 1.95 bits per heavy atom. The Labute approximate surface area is 118 Å². The molecule has 2 atom stereocenters. The molecule has 1 rings (SSSR count). The number of hydrogen-bond donors (Lipinski definition) is 1. The number of nitrogens with zero attached hydrogens (tertiary/aromatic N) is 1. The number of ether oxygens (including phenoxy) is 1. The summed E-state index contributed by atoms with van der Waals surface area (Å²) >= 11 is 0. The van der Waals surface area contributed by atoms with Gasteiger partial charge in [0, 0.05) is 24.2 Å². The number of para-hydroxylation sites is 1. The van der Waals surface area contributed by atoms with Crippen molar-refractivity contribution in [1.82, 2.24) is 10.2 Å². The van der Waals surface area contributed by atoms with E-state index in [-0.39, 0.29) is 0 Å². The van der Waals surface area contributed by atoms with Crippen LogP contribution in [0.1, 0.15) is 32.8 Å². The molecule has 108 valence electrons. The number of likely N-dealkylation sites (N-methyl/N-ethyl adjacent to an activating group) is 2. The largest absolute Gasteiger partial charge is 0.496 e. The van der Waals surface area contributed by atoms with Crippen LogP contribution in [0, 0.1) is 0 Å². The fourth-order valence-electron chi connectivity index (χ4n) is 2.47. The monoisotopic (exact) mass is 264 g/mol. The van der Waals surface area contributed by atoms with Crippen LogP contribution in [-0.4, -0.2) is 37.7 Å². The van der Waals surface area contributed by atoms with E-state index in [1.165, 1.54) is 5.56 Å². The number of nitrogens with one attached hydrogen (secondary N) is 1. The molecule has 0 aromatic heterocycles. The zero-order valence-corrected chi connectivity index (χ0v) is 12.9. The second kappa shape index (κ2) is 8.18. The van der Waals surface area contributed by atoms with Gasteiger partial charge in [0.15, 0.2) is 0 Å². The minimum atomic E-state index is 0.495. The van der Waals surface area contributed by atoms with Gasteiger partial charge >= 0.3 is 0 Å². The van der Waals surface area contributed by atoms with Crippen LogP contribution in [0.5, 0.6) is 5.75 Å². The molecule has 0 aliphatic carbocycles. The molecule has 0 radical (unpaired) electrons. The van der Waals surface area contributed by atoms with E-state index >= 15 is 0 Å². The normalized spacial score (nSPS) is 14.4. The molecule has 1 aromatic rings. The van der Waals surface area contributed by atoms with Gasteiger partial charge in [0.1, 0.15) is 5.75 Å². The molecular formula is C16H28N2O. The average molecular weight is 264 g/mol. The summed E-state index contributed by atoms with van der Waals surface area (Å²) < 4.78 is 5.42. The van der Waals surface area contributed by atoms with Gasteiger partial charge in [0.05, 0.1) is 7.11 Å². The minimum absolute atomic E-state index is 0.495. The van der Waals surface area contributed by atoms with Crippen molar-refractivity contribution in [2.45, 2.75) is 45.8 Å². The number of hydrogen-bond acceptors (Lipinski definition) is 3. The van der Waals surface area contributed by atoms with Crippen LogP contribution < -0.4 is 10.1 Å². The first-order valence-corrected chi connectivity index (χ1v) is 7.19. The summed E-state index contributed by atoms with van der Waals surface area (Å²) in [6, 6.07) is 9.27. The standard InChI is InChI=1S/C16H28N2O/c1-6-15(17-7-2)13(3)18(4)12-14-10-8-9-11-16(14)19-5/h8-11,13,15,17H,6-7,12H2,1-5H3.